The van der Waals surface area contributed by atoms with Crippen molar-refractivity contribution in [2.24, 2.45) is 5.92 Å². The summed E-state index contributed by atoms with van der Waals surface area (Å²) in [5.74, 6) is -2.07. The Labute approximate surface area is 77.9 Å². The first-order valence-electron chi connectivity index (χ1n) is 6.15. The molecule has 0 aromatic heterocycles. The fraction of sp³-hybridized carbons (Fsp3) is 0.300. The van der Waals surface area contributed by atoms with Crippen LogP contribution in [0.1, 0.15) is 24.8 Å². The maximum atomic E-state index is 10.8. The van der Waals surface area contributed by atoms with Crippen molar-refractivity contribution in [1.29, 1.82) is 0 Å². The lowest BCUT2D eigenvalue weighted by molar-refractivity contribution is -0.138. The van der Waals surface area contributed by atoms with E-state index >= 15 is 0 Å². The molecule has 2 atom stereocenters. The second-order valence-corrected chi connectivity index (χ2v) is 2.83. The van der Waals surface area contributed by atoms with Crippen LogP contribution < -0.4 is 0 Å². The largest absolute Gasteiger partial charge is 0.481 e. The van der Waals surface area contributed by atoms with Crippen molar-refractivity contribution in [3.05, 3.63) is 35.8 Å². The number of hydrogen-bond donors (Lipinski definition) is 1. The SMILES string of the molecule is [2H]c1c([2H])c([2H])c([C@H]2C[C@@H]2C(=O)O)c([2H])c1[2H]. The summed E-state index contributed by atoms with van der Waals surface area (Å²) in [4.78, 5) is 10.8. The lowest BCUT2D eigenvalue weighted by atomic mass is 10.1. The summed E-state index contributed by atoms with van der Waals surface area (Å²) >= 11 is 0. The minimum absolute atomic E-state index is 0.128. The van der Waals surface area contributed by atoms with Gasteiger partial charge in [-0.25, -0.2) is 0 Å². The molecule has 1 N–H and O–H groups in total. The van der Waals surface area contributed by atoms with Crippen LogP contribution in [0.2, 0.25) is 0 Å². The van der Waals surface area contributed by atoms with Crippen LogP contribution in [-0.2, 0) is 4.79 Å². The lowest BCUT2D eigenvalue weighted by Crippen LogP contribution is -1.98. The molecule has 0 aliphatic heterocycles. The molecule has 1 aliphatic rings. The van der Waals surface area contributed by atoms with Gasteiger partial charge in [-0.1, -0.05) is 30.2 Å². The number of aliphatic carboxylic acids is 1. The second kappa shape index (κ2) is 2.63. The van der Waals surface area contributed by atoms with E-state index in [-0.39, 0.29) is 17.6 Å². The van der Waals surface area contributed by atoms with Crippen LogP contribution in [-0.4, -0.2) is 11.1 Å². The van der Waals surface area contributed by atoms with Gasteiger partial charge in [0, 0.05) is 0 Å². The minimum atomic E-state index is -0.984. The molecule has 0 radical (unpaired) electrons. The van der Waals surface area contributed by atoms with Gasteiger partial charge in [-0.3, -0.25) is 4.79 Å². The predicted molar refractivity (Wildman–Crippen MR) is 44.9 cm³/mol. The molecule has 0 bridgehead atoms. The summed E-state index contributed by atoms with van der Waals surface area (Å²) in [5, 5.41) is 8.81. The van der Waals surface area contributed by atoms with Crippen LogP contribution in [0, 0.1) is 5.92 Å². The highest BCUT2D eigenvalue weighted by Crippen LogP contribution is 2.47. The molecule has 2 nitrogen and oxygen atoms in total. The smallest absolute Gasteiger partial charge is 0.307 e. The summed E-state index contributed by atoms with van der Waals surface area (Å²) < 4.78 is 37.7. The maximum Gasteiger partial charge on any atom is 0.307 e. The van der Waals surface area contributed by atoms with Gasteiger partial charge in [0.05, 0.1) is 12.8 Å². The first-order chi connectivity index (χ1) is 7.86. The molecule has 2 heteroatoms. The van der Waals surface area contributed by atoms with E-state index in [1.165, 1.54) is 0 Å². The number of carboxylic acids is 1. The topological polar surface area (TPSA) is 37.3 Å². The Kier molecular flexibility index (Phi) is 0.789. The zero-order valence-electron chi connectivity index (χ0n) is 11.2. The van der Waals surface area contributed by atoms with Crippen molar-refractivity contribution in [1.82, 2.24) is 0 Å². The average Bonchev–Trinajstić information content (AvgIpc) is 3.04. The van der Waals surface area contributed by atoms with Crippen LogP contribution >= 0.6 is 0 Å². The highest BCUT2D eigenvalue weighted by Gasteiger charge is 2.43. The van der Waals surface area contributed by atoms with E-state index in [1.807, 2.05) is 0 Å². The highest BCUT2D eigenvalue weighted by atomic mass is 16.4. The number of rotatable bonds is 2. The quantitative estimate of drug-likeness (QED) is 0.730. The Morgan fingerprint density at radius 1 is 1.50 bits per heavy atom. The average molecular weight is 167 g/mol. The van der Waals surface area contributed by atoms with E-state index in [4.69, 9.17) is 12.0 Å². The van der Waals surface area contributed by atoms with Crippen LogP contribution in [0.4, 0.5) is 0 Å². The molecule has 1 saturated carbocycles. The van der Waals surface area contributed by atoms with Crippen LogP contribution in [0.25, 0.3) is 0 Å². The van der Waals surface area contributed by atoms with Gasteiger partial charge in [0.15, 0.2) is 0 Å². The van der Waals surface area contributed by atoms with Crippen molar-refractivity contribution in [2.75, 3.05) is 0 Å². The Morgan fingerprint density at radius 2 is 2.17 bits per heavy atom. The molecule has 0 heterocycles. The molecule has 0 spiro atoms. The molecule has 1 aliphatic carbocycles. The number of benzene rings is 1. The second-order valence-electron chi connectivity index (χ2n) is 2.83. The molecule has 12 heavy (non-hydrogen) atoms. The number of carbonyl (C=O) groups is 1. The van der Waals surface area contributed by atoms with E-state index in [0.29, 0.717) is 6.42 Å². The minimum Gasteiger partial charge on any atom is -0.481 e. The van der Waals surface area contributed by atoms with E-state index in [9.17, 15) is 4.79 Å². The normalized spacial score (nSPS) is 32.5. The molecule has 1 fully saturated rings. The molecule has 0 saturated heterocycles. The molecular weight excluding hydrogens is 152 g/mol. The monoisotopic (exact) mass is 167 g/mol. The van der Waals surface area contributed by atoms with E-state index < -0.39 is 35.9 Å². The Bertz CT molecular complexity index is 485. The Hall–Kier alpha value is -1.31. The van der Waals surface area contributed by atoms with E-state index in [1.54, 1.807) is 0 Å². The van der Waals surface area contributed by atoms with Gasteiger partial charge >= 0.3 is 5.97 Å². The number of carboxylic acid groups (broad SMARTS) is 1. The van der Waals surface area contributed by atoms with Crippen molar-refractivity contribution >= 4 is 5.97 Å². The van der Waals surface area contributed by atoms with Crippen LogP contribution in [0.15, 0.2) is 30.2 Å². The molecule has 62 valence electrons. The highest BCUT2D eigenvalue weighted by molar-refractivity contribution is 5.75. The first kappa shape index (κ1) is 3.60. The third-order valence-electron chi connectivity index (χ3n) is 2.00. The van der Waals surface area contributed by atoms with Crippen molar-refractivity contribution in [3.63, 3.8) is 0 Å². The fourth-order valence-electron chi connectivity index (χ4n) is 1.23. The van der Waals surface area contributed by atoms with Gasteiger partial charge in [-0.05, 0) is 17.9 Å². The molecule has 2 rings (SSSR count). The Balaban J connectivity index is 2.53. The van der Waals surface area contributed by atoms with Gasteiger partial charge in [0.2, 0.25) is 0 Å². The van der Waals surface area contributed by atoms with Crippen molar-refractivity contribution in [3.8, 4) is 0 Å². The van der Waals surface area contributed by atoms with Gasteiger partial charge in [-0.15, -0.1) is 0 Å². The van der Waals surface area contributed by atoms with Crippen LogP contribution in [0.3, 0.4) is 0 Å². The van der Waals surface area contributed by atoms with E-state index in [2.05, 4.69) is 0 Å². The molecular formula is C10H10O2. The first-order valence-corrected chi connectivity index (χ1v) is 3.65. The third kappa shape index (κ3) is 1.20. The molecule has 1 aromatic carbocycles. The molecule has 0 amide bonds. The summed E-state index contributed by atoms with van der Waals surface area (Å²) in [5.41, 5.74) is 0.128. The summed E-state index contributed by atoms with van der Waals surface area (Å²) in [7, 11) is 0. The molecule has 1 aromatic rings. The zero-order chi connectivity index (χ0) is 12.9. The van der Waals surface area contributed by atoms with Crippen molar-refractivity contribution < 1.29 is 16.8 Å². The number of hydrogen-bond acceptors (Lipinski definition) is 1. The third-order valence-corrected chi connectivity index (χ3v) is 2.00. The van der Waals surface area contributed by atoms with Gasteiger partial charge < -0.3 is 5.11 Å². The predicted octanol–water partition coefficient (Wildman–Crippen LogP) is 1.87. The van der Waals surface area contributed by atoms with Gasteiger partial charge in [-0.2, -0.15) is 0 Å². The Morgan fingerprint density at radius 3 is 2.67 bits per heavy atom. The zero-order valence-corrected chi connectivity index (χ0v) is 6.22. The lowest BCUT2D eigenvalue weighted by Gasteiger charge is -1.95. The maximum absolute atomic E-state index is 10.8. The van der Waals surface area contributed by atoms with Crippen LogP contribution in [0.5, 0.6) is 0 Å². The fourth-order valence-corrected chi connectivity index (χ4v) is 1.23. The standard InChI is InChI=1S/C10H10O2/c11-10(12)9-6-8(9)7-4-2-1-3-5-7/h1-5,8-9H,6H2,(H,11,12)/t8-,9+/m1/s1/i1D,2D,3D,4D,5D. The summed E-state index contributed by atoms with van der Waals surface area (Å²) in [6, 6.07) is -1.83. The van der Waals surface area contributed by atoms with E-state index in [0.717, 1.165) is 0 Å². The van der Waals surface area contributed by atoms with Crippen molar-refractivity contribution in [2.45, 2.75) is 12.3 Å². The van der Waals surface area contributed by atoms with Gasteiger partial charge in [0.1, 0.15) is 0 Å². The van der Waals surface area contributed by atoms with Gasteiger partial charge in [0.25, 0.3) is 0 Å². The summed E-state index contributed by atoms with van der Waals surface area (Å²) in [6.45, 7) is 0. The summed E-state index contributed by atoms with van der Waals surface area (Å²) in [6.07, 6.45) is 0.337. The molecule has 0 unspecified atom stereocenters.